The molecule has 35 heavy (non-hydrogen) atoms. The van der Waals surface area contributed by atoms with Crippen LogP contribution in [0.5, 0.6) is 0 Å². The minimum Gasteiger partial charge on any atom is -0.350 e. The van der Waals surface area contributed by atoms with Crippen LogP contribution in [0, 0.1) is 20.8 Å². The van der Waals surface area contributed by atoms with Crippen molar-refractivity contribution in [2.24, 2.45) is 0 Å². The summed E-state index contributed by atoms with van der Waals surface area (Å²) in [5.74, 6) is -1.30. The van der Waals surface area contributed by atoms with Crippen molar-refractivity contribution in [3.8, 4) is 0 Å². The molecule has 1 N–H and O–H groups in total. The molecule has 3 aromatic carbocycles. The van der Waals surface area contributed by atoms with E-state index in [9.17, 15) is 14.4 Å². The molecule has 0 saturated heterocycles. The van der Waals surface area contributed by atoms with E-state index in [0.717, 1.165) is 27.3 Å². The molecular formula is C28H26ClN3O3. The summed E-state index contributed by atoms with van der Waals surface area (Å²) in [6, 6.07) is 20.0. The van der Waals surface area contributed by atoms with Gasteiger partial charge < -0.3 is 10.2 Å². The molecule has 3 aromatic rings. The van der Waals surface area contributed by atoms with Crippen LogP contribution >= 0.6 is 11.6 Å². The van der Waals surface area contributed by atoms with E-state index in [-0.39, 0.29) is 16.6 Å². The lowest BCUT2D eigenvalue weighted by Crippen LogP contribution is -2.33. The van der Waals surface area contributed by atoms with Gasteiger partial charge >= 0.3 is 0 Å². The summed E-state index contributed by atoms with van der Waals surface area (Å²) in [5, 5.41) is 2.77. The van der Waals surface area contributed by atoms with E-state index in [1.54, 1.807) is 35.2 Å². The number of hydrogen-bond acceptors (Lipinski definition) is 4. The zero-order chi connectivity index (χ0) is 25.3. The molecule has 0 unspecified atom stereocenters. The van der Waals surface area contributed by atoms with E-state index in [1.165, 1.54) is 0 Å². The average Bonchev–Trinajstić information content (AvgIpc) is 3.03. The van der Waals surface area contributed by atoms with Gasteiger partial charge in [0.1, 0.15) is 10.7 Å². The fourth-order valence-corrected chi connectivity index (χ4v) is 4.37. The molecule has 0 aromatic heterocycles. The second kappa shape index (κ2) is 9.76. The quantitative estimate of drug-likeness (QED) is 0.452. The minimum atomic E-state index is -0.588. The lowest BCUT2D eigenvalue weighted by Gasteiger charge is -2.22. The van der Waals surface area contributed by atoms with Crippen LogP contribution in [0.1, 0.15) is 34.0 Å². The van der Waals surface area contributed by atoms with E-state index in [2.05, 4.69) is 5.32 Å². The maximum absolute atomic E-state index is 13.3. The molecular weight excluding hydrogens is 462 g/mol. The summed E-state index contributed by atoms with van der Waals surface area (Å²) in [6.07, 6.45) is 0. The molecule has 0 fully saturated rings. The number of imide groups is 1. The van der Waals surface area contributed by atoms with Gasteiger partial charge in [-0.1, -0.05) is 47.5 Å². The second-order valence-corrected chi connectivity index (χ2v) is 8.90. The number of carbonyl (C=O) groups excluding carboxylic acids is 3. The van der Waals surface area contributed by atoms with Gasteiger partial charge in [0.05, 0.1) is 5.69 Å². The fraction of sp³-hybridized carbons (Fsp3) is 0.179. The third-order valence-electron chi connectivity index (χ3n) is 5.87. The topological polar surface area (TPSA) is 69.7 Å². The molecule has 0 aliphatic carbocycles. The molecule has 7 heteroatoms. The summed E-state index contributed by atoms with van der Waals surface area (Å²) in [5.41, 5.74) is 5.07. The Kier molecular flexibility index (Phi) is 6.76. The zero-order valence-electron chi connectivity index (χ0n) is 20.1. The lowest BCUT2D eigenvalue weighted by atomic mass is 10.1. The summed E-state index contributed by atoms with van der Waals surface area (Å²) in [7, 11) is 0. The molecule has 0 bridgehead atoms. The minimum absolute atomic E-state index is 0.0210. The number of halogens is 1. The molecule has 1 heterocycles. The highest BCUT2D eigenvalue weighted by Gasteiger charge is 2.39. The van der Waals surface area contributed by atoms with Gasteiger partial charge in [-0.25, -0.2) is 4.90 Å². The number of rotatable bonds is 6. The first-order chi connectivity index (χ1) is 16.7. The van der Waals surface area contributed by atoms with Gasteiger partial charge in [-0.3, -0.25) is 14.4 Å². The average molecular weight is 488 g/mol. The molecule has 178 valence electrons. The maximum atomic E-state index is 13.3. The number of carbonyl (C=O) groups is 3. The van der Waals surface area contributed by atoms with Crippen molar-refractivity contribution in [2.75, 3.05) is 21.7 Å². The van der Waals surface area contributed by atoms with Crippen LogP contribution in [-0.2, 0) is 9.59 Å². The van der Waals surface area contributed by atoms with Gasteiger partial charge in [-0.2, -0.15) is 0 Å². The Balaban J connectivity index is 1.60. The van der Waals surface area contributed by atoms with Gasteiger partial charge in [0, 0.05) is 23.5 Å². The highest BCUT2D eigenvalue weighted by molar-refractivity contribution is 6.53. The molecule has 3 amide bonds. The van der Waals surface area contributed by atoms with Crippen LogP contribution in [0.3, 0.4) is 0 Å². The van der Waals surface area contributed by atoms with E-state index < -0.39 is 11.8 Å². The normalized spacial score (nSPS) is 13.5. The van der Waals surface area contributed by atoms with Gasteiger partial charge in [-0.15, -0.1) is 0 Å². The van der Waals surface area contributed by atoms with Crippen LogP contribution in [0.2, 0.25) is 0 Å². The van der Waals surface area contributed by atoms with E-state index in [0.29, 0.717) is 23.5 Å². The molecule has 6 nitrogen and oxygen atoms in total. The van der Waals surface area contributed by atoms with Crippen molar-refractivity contribution < 1.29 is 14.4 Å². The Bertz CT molecular complexity index is 1380. The fourth-order valence-electron chi connectivity index (χ4n) is 4.16. The van der Waals surface area contributed by atoms with Gasteiger partial charge in [-0.05, 0) is 75.2 Å². The number of nitrogens with one attached hydrogen (secondary N) is 1. The summed E-state index contributed by atoms with van der Waals surface area (Å²) >= 11 is 6.30. The third-order valence-corrected chi connectivity index (χ3v) is 6.22. The highest BCUT2D eigenvalue weighted by Crippen LogP contribution is 2.32. The van der Waals surface area contributed by atoms with E-state index >= 15 is 0 Å². The number of aryl methyl sites for hydroxylation is 3. The van der Waals surface area contributed by atoms with Crippen molar-refractivity contribution in [1.82, 2.24) is 0 Å². The van der Waals surface area contributed by atoms with Crippen LogP contribution < -0.4 is 15.1 Å². The Hall–Kier alpha value is -3.90. The second-order valence-electron chi connectivity index (χ2n) is 8.52. The largest absolute Gasteiger partial charge is 0.350 e. The standard InChI is InChI=1S/C28H26ClN3O3/c1-5-31(22-11-6-8-17(2)15-22)26(33)20-9-7-10-21(16-20)30-25-24(29)27(34)32(28(25)35)23-13-12-18(3)14-19(23)4/h6-16,30H,5H2,1-4H3. The molecule has 0 spiro atoms. The number of benzene rings is 3. The van der Waals surface area contributed by atoms with Crippen LogP contribution in [0.4, 0.5) is 17.1 Å². The number of amides is 3. The highest BCUT2D eigenvalue weighted by atomic mass is 35.5. The molecule has 0 atom stereocenters. The molecule has 0 radical (unpaired) electrons. The first-order valence-electron chi connectivity index (χ1n) is 11.3. The number of anilines is 3. The van der Waals surface area contributed by atoms with Gasteiger partial charge in [0.2, 0.25) is 0 Å². The van der Waals surface area contributed by atoms with E-state index in [4.69, 9.17) is 11.6 Å². The van der Waals surface area contributed by atoms with Crippen molar-refractivity contribution in [1.29, 1.82) is 0 Å². The van der Waals surface area contributed by atoms with Crippen LogP contribution in [-0.4, -0.2) is 24.3 Å². The first-order valence-corrected chi connectivity index (χ1v) is 11.7. The van der Waals surface area contributed by atoms with Crippen LogP contribution in [0.15, 0.2) is 77.5 Å². The summed E-state index contributed by atoms with van der Waals surface area (Å²) in [4.78, 5) is 42.1. The van der Waals surface area contributed by atoms with Gasteiger partial charge in [0.15, 0.2) is 0 Å². The van der Waals surface area contributed by atoms with E-state index in [1.807, 2.05) is 64.1 Å². The maximum Gasteiger partial charge on any atom is 0.283 e. The smallest absolute Gasteiger partial charge is 0.283 e. The third kappa shape index (κ3) is 4.70. The van der Waals surface area contributed by atoms with Crippen molar-refractivity contribution in [2.45, 2.75) is 27.7 Å². The van der Waals surface area contributed by atoms with Crippen molar-refractivity contribution in [3.63, 3.8) is 0 Å². The van der Waals surface area contributed by atoms with Gasteiger partial charge in [0.25, 0.3) is 17.7 Å². The molecule has 4 rings (SSSR count). The summed E-state index contributed by atoms with van der Waals surface area (Å²) < 4.78 is 0. The Morgan fingerprint density at radius 2 is 1.63 bits per heavy atom. The monoisotopic (exact) mass is 487 g/mol. The van der Waals surface area contributed by atoms with Crippen LogP contribution in [0.25, 0.3) is 0 Å². The lowest BCUT2D eigenvalue weighted by molar-refractivity contribution is -0.120. The van der Waals surface area contributed by atoms with Crippen molar-refractivity contribution in [3.05, 3.63) is 99.7 Å². The Morgan fingerprint density at radius 3 is 2.31 bits per heavy atom. The first kappa shape index (κ1) is 24.2. The molecule has 1 aliphatic rings. The SMILES string of the molecule is CCN(C(=O)c1cccc(NC2=C(Cl)C(=O)N(c3ccc(C)cc3C)C2=O)c1)c1cccc(C)c1. The molecule has 1 aliphatic heterocycles. The number of nitrogens with zero attached hydrogens (tertiary/aromatic N) is 2. The summed E-state index contributed by atoms with van der Waals surface area (Å²) in [6.45, 7) is 8.16. The Morgan fingerprint density at radius 1 is 0.914 bits per heavy atom. The Labute approximate surface area is 209 Å². The zero-order valence-corrected chi connectivity index (χ0v) is 20.8. The number of hydrogen-bond donors (Lipinski definition) is 1. The predicted octanol–water partition coefficient (Wildman–Crippen LogP) is 5.71. The van der Waals surface area contributed by atoms with Crippen molar-refractivity contribution >= 4 is 46.4 Å². The predicted molar refractivity (Wildman–Crippen MR) is 140 cm³/mol. The molecule has 0 saturated carbocycles.